The number of rotatable bonds is 4. The van der Waals surface area contributed by atoms with Crippen molar-refractivity contribution in [3.05, 3.63) is 35.9 Å². The van der Waals surface area contributed by atoms with Gasteiger partial charge in [-0.15, -0.1) is 0 Å². The van der Waals surface area contributed by atoms with Crippen LogP contribution in [-0.4, -0.2) is 49.7 Å². The Balaban J connectivity index is 1.53. The van der Waals surface area contributed by atoms with Crippen molar-refractivity contribution >= 4 is 17.5 Å². The molecule has 2 aromatic heterocycles. The molecule has 0 bridgehead atoms. The van der Waals surface area contributed by atoms with E-state index in [9.17, 15) is 4.79 Å². The molecule has 2 aromatic rings. The number of nitrogens with zero attached hydrogens (tertiary/aromatic N) is 5. The van der Waals surface area contributed by atoms with Crippen molar-refractivity contribution in [3.63, 3.8) is 0 Å². The van der Waals surface area contributed by atoms with Crippen LogP contribution in [0.4, 0.5) is 0 Å². The van der Waals surface area contributed by atoms with Gasteiger partial charge < -0.3 is 9.64 Å². The van der Waals surface area contributed by atoms with Crippen LogP contribution in [0.5, 0.6) is 6.01 Å². The Hall–Kier alpha value is -2.15. The van der Waals surface area contributed by atoms with Gasteiger partial charge in [-0.2, -0.15) is 5.10 Å². The molecular formula is C13H14ClN5O2. The van der Waals surface area contributed by atoms with Gasteiger partial charge in [0.2, 0.25) is 5.91 Å². The molecule has 1 fully saturated rings. The molecular weight excluding hydrogens is 294 g/mol. The number of aromatic nitrogens is 4. The Morgan fingerprint density at radius 3 is 2.95 bits per heavy atom. The molecule has 8 heteroatoms. The third-order valence-corrected chi connectivity index (χ3v) is 3.42. The zero-order valence-corrected chi connectivity index (χ0v) is 12.0. The summed E-state index contributed by atoms with van der Waals surface area (Å²) in [7, 11) is 0. The van der Waals surface area contributed by atoms with Gasteiger partial charge in [0, 0.05) is 25.4 Å². The third kappa shape index (κ3) is 3.49. The Morgan fingerprint density at radius 1 is 1.43 bits per heavy atom. The molecule has 0 radical (unpaired) electrons. The number of ether oxygens (including phenoxy) is 1. The minimum atomic E-state index is -0.0900. The molecule has 110 valence electrons. The van der Waals surface area contributed by atoms with Gasteiger partial charge in [0.1, 0.15) is 12.6 Å². The predicted molar refractivity (Wildman–Crippen MR) is 74.9 cm³/mol. The van der Waals surface area contributed by atoms with Crippen LogP contribution in [-0.2, 0) is 11.3 Å². The zero-order valence-electron chi connectivity index (χ0n) is 11.2. The number of carbonyl (C=O) groups is 1. The van der Waals surface area contributed by atoms with Crippen molar-refractivity contribution in [2.45, 2.75) is 19.1 Å². The summed E-state index contributed by atoms with van der Waals surface area (Å²) >= 11 is 5.72. The first-order valence-electron chi connectivity index (χ1n) is 6.60. The fraction of sp³-hybridized carbons (Fsp3) is 0.385. The Kier molecular flexibility index (Phi) is 4.01. The molecule has 3 rings (SSSR count). The summed E-state index contributed by atoms with van der Waals surface area (Å²) < 4.78 is 7.26. The minimum Gasteiger partial charge on any atom is -0.458 e. The lowest BCUT2D eigenvalue weighted by atomic mass is 10.3. The summed E-state index contributed by atoms with van der Waals surface area (Å²) in [6, 6.07) is 2.08. The molecule has 21 heavy (non-hydrogen) atoms. The lowest BCUT2D eigenvalue weighted by Crippen LogP contribution is -2.33. The highest BCUT2D eigenvalue weighted by Crippen LogP contribution is 2.16. The average Bonchev–Trinajstić information content (AvgIpc) is 3.13. The predicted octanol–water partition coefficient (Wildman–Crippen LogP) is 1.01. The van der Waals surface area contributed by atoms with Crippen LogP contribution >= 0.6 is 11.6 Å². The molecule has 0 aliphatic carbocycles. The average molecular weight is 308 g/mol. The maximum Gasteiger partial charge on any atom is 0.316 e. The molecule has 0 aromatic carbocycles. The van der Waals surface area contributed by atoms with Crippen molar-refractivity contribution in [1.82, 2.24) is 24.6 Å². The van der Waals surface area contributed by atoms with Crippen LogP contribution < -0.4 is 4.74 Å². The smallest absolute Gasteiger partial charge is 0.316 e. The highest BCUT2D eigenvalue weighted by atomic mass is 35.5. The van der Waals surface area contributed by atoms with Gasteiger partial charge in [-0.25, -0.2) is 9.97 Å². The van der Waals surface area contributed by atoms with Gasteiger partial charge in [0.15, 0.2) is 0 Å². The molecule has 1 aliphatic heterocycles. The van der Waals surface area contributed by atoms with Gasteiger partial charge >= 0.3 is 6.01 Å². The van der Waals surface area contributed by atoms with Crippen LogP contribution in [0.2, 0.25) is 5.02 Å². The molecule has 1 atom stereocenters. The standard InChI is InChI=1S/C13H14ClN5O2/c14-10-6-15-13(16-7-10)21-11-2-5-18(8-11)12(20)9-19-4-1-3-17-19/h1,3-4,6-7,11H,2,5,8-9H2. The first-order valence-corrected chi connectivity index (χ1v) is 6.98. The van der Waals surface area contributed by atoms with Crippen molar-refractivity contribution < 1.29 is 9.53 Å². The topological polar surface area (TPSA) is 73.1 Å². The maximum atomic E-state index is 12.1. The van der Waals surface area contributed by atoms with E-state index >= 15 is 0 Å². The normalized spacial score (nSPS) is 18.0. The van der Waals surface area contributed by atoms with E-state index in [4.69, 9.17) is 16.3 Å². The third-order valence-electron chi connectivity index (χ3n) is 3.22. The highest BCUT2D eigenvalue weighted by Gasteiger charge is 2.28. The zero-order chi connectivity index (χ0) is 14.7. The van der Waals surface area contributed by atoms with Gasteiger partial charge in [-0.3, -0.25) is 9.48 Å². The van der Waals surface area contributed by atoms with Crippen LogP contribution in [0.1, 0.15) is 6.42 Å². The van der Waals surface area contributed by atoms with E-state index in [1.807, 2.05) is 0 Å². The summed E-state index contributed by atoms with van der Waals surface area (Å²) in [5.74, 6) is 0.0295. The van der Waals surface area contributed by atoms with Gasteiger partial charge in [0.05, 0.1) is 24.0 Å². The quantitative estimate of drug-likeness (QED) is 0.843. The number of carbonyl (C=O) groups excluding carboxylic acids is 1. The largest absolute Gasteiger partial charge is 0.458 e. The lowest BCUT2D eigenvalue weighted by Gasteiger charge is -2.16. The summed E-state index contributed by atoms with van der Waals surface area (Å²) in [5, 5.41) is 4.49. The molecule has 1 amide bonds. The van der Waals surface area contributed by atoms with E-state index in [2.05, 4.69) is 15.1 Å². The van der Waals surface area contributed by atoms with Gasteiger partial charge in [-0.05, 0) is 6.07 Å². The molecule has 0 N–H and O–H groups in total. The van der Waals surface area contributed by atoms with E-state index < -0.39 is 0 Å². The number of hydrogen-bond acceptors (Lipinski definition) is 5. The SMILES string of the molecule is O=C(Cn1cccn1)N1CCC(Oc2ncc(Cl)cn2)C1. The van der Waals surface area contributed by atoms with Gasteiger partial charge in [0.25, 0.3) is 0 Å². The summed E-state index contributed by atoms with van der Waals surface area (Å²) in [6.45, 7) is 1.45. The monoisotopic (exact) mass is 307 g/mol. The number of likely N-dealkylation sites (tertiary alicyclic amines) is 1. The maximum absolute atomic E-state index is 12.1. The van der Waals surface area contributed by atoms with Crippen molar-refractivity contribution in [2.24, 2.45) is 0 Å². The molecule has 1 unspecified atom stereocenters. The Bertz CT molecular complexity index is 602. The van der Waals surface area contributed by atoms with Crippen LogP contribution in [0.15, 0.2) is 30.9 Å². The molecule has 7 nitrogen and oxygen atoms in total. The van der Waals surface area contributed by atoms with E-state index in [0.29, 0.717) is 18.1 Å². The van der Waals surface area contributed by atoms with Crippen LogP contribution in [0.3, 0.4) is 0 Å². The van der Waals surface area contributed by atoms with E-state index in [1.165, 1.54) is 12.4 Å². The second-order valence-electron chi connectivity index (χ2n) is 4.76. The van der Waals surface area contributed by atoms with Crippen molar-refractivity contribution in [1.29, 1.82) is 0 Å². The fourth-order valence-corrected chi connectivity index (χ4v) is 2.29. The highest BCUT2D eigenvalue weighted by molar-refractivity contribution is 6.30. The summed E-state index contributed by atoms with van der Waals surface area (Å²) in [5.41, 5.74) is 0. The Morgan fingerprint density at radius 2 is 2.24 bits per heavy atom. The second-order valence-corrected chi connectivity index (χ2v) is 5.19. The summed E-state index contributed by atoms with van der Waals surface area (Å²) in [4.78, 5) is 21.9. The Labute approximate surface area is 126 Å². The lowest BCUT2D eigenvalue weighted by molar-refractivity contribution is -0.131. The van der Waals surface area contributed by atoms with Crippen molar-refractivity contribution in [3.8, 4) is 6.01 Å². The van der Waals surface area contributed by atoms with E-state index in [-0.39, 0.29) is 24.6 Å². The number of halogens is 1. The molecule has 0 saturated carbocycles. The van der Waals surface area contributed by atoms with Crippen LogP contribution in [0.25, 0.3) is 0 Å². The first kappa shape index (κ1) is 13.8. The van der Waals surface area contributed by atoms with Crippen molar-refractivity contribution in [2.75, 3.05) is 13.1 Å². The van der Waals surface area contributed by atoms with Gasteiger partial charge in [-0.1, -0.05) is 11.6 Å². The van der Waals surface area contributed by atoms with Crippen LogP contribution in [0, 0.1) is 0 Å². The number of hydrogen-bond donors (Lipinski definition) is 0. The molecule has 3 heterocycles. The molecule has 0 spiro atoms. The van der Waals surface area contributed by atoms with E-state index in [0.717, 1.165) is 6.42 Å². The number of amides is 1. The molecule has 1 aliphatic rings. The summed E-state index contributed by atoms with van der Waals surface area (Å²) in [6.07, 6.45) is 7.06. The first-order chi connectivity index (χ1) is 10.2. The van der Waals surface area contributed by atoms with E-state index in [1.54, 1.807) is 28.0 Å². The second kappa shape index (κ2) is 6.09. The minimum absolute atomic E-state index is 0.0295. The fourth-order valence-electron chi connectivity index (χ4n) is 2.19. The molecule has 1 saturated heterocycles.